The van der Waals surface area contributed by atoms with Crippen LogP contribution in [0.3, 0.4) is 0 Å². The molecule has 1 aromatic carbocycles. The largest absolute Gasteiger partial charge is 0.439 e. The molecule has 2 N–H and O–H groups in total. The molecule has 6 heteroatoms. The van der Waals surface area contributed by atoms with Crippen LogP contribution in [0.1, 0.15) is 24.1 Å². The van der Waals surface area contributed by atoms with Gasteiger partial charge in [0.2, 0.25) is 5.88 Å². The van der Waals surface area contributed by atoms with Crippen molar-refractivity contribution >= 4 is 5.69 Å². The zero-order valence-electron chi connectivity index (χ0n) is 11.2. The molecule has 0 amide bonds. The van der Waals surface area contributed by atoms with Gasteiger partial charge in [-0.1, -0.05) is 0 Å². The fraction of sp³-hybridized carbons (Fsp3) is 0.214. The average molecular weight is 273 g/mol. The summed E-state index contributed by atoms with van der Waals surface area (Å²) in [6.45, 7) is 3.53. The van der Waals surface area contributed by atoms with Gasteiger partial charge < -0.3 is 10.5 Å². The molecule has 0 spiro atoms. The summed E-state index contributed by atoms with van der Waals surface area (Å²) in [5, 5.41) is 10.7. The van der Waals surface area contributed by atoms with Crippen molar-refractivity contribution in [1.82, 2.24) is 4.98 Å². The Kier molecular flexibility index (Phi) is 3.95. The normalized spacial score (nSPS) is 11.9. The highest BCUT2D eigenvalue weighted by molar-refractivity contribution is 5.45. The minimum Gasteiger partial charge on any atom is -0.439 e. The second-order valence-electron chi connectivity index (χ2n) is 4.52. The zero-order valence-corrected chi connectivity index (χ0v) is 11.2. The second kappa shape index (κ2) is 5.66. The lowest BCUT2D eigenvalue weighted by Crippen LogP contribution is -2.05. The summed E-state index contributed by atoms with van der Waals surface area (Å²) in [5.41, 5.74) is 7.31. The van der Waals surface area contributed by atoms with Crippen molar-refractivity contribution < 1.29 is 9.66 Å². The van der Waals surface area contributed by atoms with Gasteiger partial charge in [-0.25, -0.2) is 4.98 Å². The van der Waals surface area contributed by atoms with Crippen LogP contribution in [0.25, 0.3) is 0 Å². The van der Waals surface area contributed by atoms with Crippen molar-refractivity contribution in [2.75, 3.05) is 0 Å². The van der Waals surface area contributed by atoms with Crippen LogP contribution in [-0.2, 0) is 0 Å². The smallest absolute Gasteiger partial charge is 0.272 e. The summed E-state index contributed by atoms with van der Waals surface area (Å²) in [5.74, 6) is 0.912. The van der Waals surface area contributed by atoms with E-state index in [9.17, 15) is 10.1 Å². The molecular formula is C14H15N3O3. The molecule has 0 saturated carbocycles. The zero-order chi connectivity index (χ0) is 14.7. The predicted octanol–water partition coefficient (Wildman–Crippen LogP) is 3.11. The first kappa shape index (κ1) is 14.0. The number of nitro groups is 1. The van der Waals surface area contributed by atoms with Crippen molar-refractivity contribution in [2.24, 2.45) is 5.73 Å². The number of benzene rings is 1. The highest BCUT2D eigenvalue weighted by Gasteiger charge is 2.11. The lowest BCUT2D eigenvalue weighted by atomic mass is 10.1. The molecule has 0 aliphatic heterocycles. The van der Waals surface area contributed by atoms with Gasteiger partial charge in [-0.2, -0.15) is 0 Å². The summed E-state index contributed by atoms with van der Waals surface area (Å²) in [7, 11) is 0. The average Bonchev–Trinajstić information content (AvgIpc) is 2.38. The van der Waals surface area contributed by atoms with E-state index in [1.165, 1.54) is 6.07 Å². The summed E-state index contributed by atoms with van der Waals surface area (Å²) in [6.07, 6.45) is 1.62. The van der Waals surface area contributed by atoms with Gasteiger partial charge in [0.05, 0.1) is 4.92 Å². The standard InChI is InChI=1S/C14H15N3O3/c1-9-7-12(3-4-13(9)17(18)19)20-14-8-11(10(2)15)5-6-16-14/h3-8,10H,15H2,1-2H3/t10-/m0/s1. The van der Waals surface area contributed by atoms with Crippen LogP contribution < -0.4 is 10.5 Å². The van der Waals surface area contributed by atoms with Gasteiger partial charge in [-0.15, -0.1) is 0 Å². The fourth-order valence-electron chi connectivity index (χ4n) is 1.78. The highest BCUT2D eigenvalue weighted by Crippen LogP contribution is 2.27. The Balaban J connectivity index is 2.24. The highest BCUT2D eigenvalue weighted by atomic mass is 16.6. The van der Waals surface area contributed by atoms with Crippen molar-refractivity contribution in [2.45, 2.75) is 19.9 Å². The molecule has 20 heavy (non-hydrogen) atoms. The minimum atomic E-state index is -0.423. The molecule has 1 heterocycles. The van der Waals surface area contributed by atoms with Crippen molar-refractivity contribution in [1.29, 1.82) is 0 Å². The molecule has 2 rings (SSSR count). The minimum absolute atomic E-state index is 0.0645. The van der Waals surface area contributed by atoms with Gasteiger partial charge in [0.25, 0.3) is 5.69 Å². The van der Waals surface area contributed by atoms with Crippen molar-refractivity contribution in [3.63, 3.8) is 0 Å². The Morgan fingerprint density at radius 1 is 1.35 bits per heavy atom. The van der Waals surface area contributed by atoms with Crippen molar-refractivity contribution in [3.8, 4) is 11.6 Å². The number of nitro benzene ring substituents is 1. The third kappa shape index (κ3) is 3.10. The SMILES string of the molecule is Cc1cc(Oc2cc([C@H](C)N)ccn2)ccc1[N+](=O)[O-]. The number of aryl methyl sites for hydroxylation is 1. The van der Waals surface area contributed by atoms with Crippen LogP contribution in [0.5, 0.6) is 11.6 Å². The molecule has 0 saturated heterocycles. The number of pyridine rings is 1. The quantitative estimate of drug-likeness (QED) is 0.682. The van der Waals surface area contributed by atoms with Crippen LogP contribution in [-0.4, -0.2) is 9.91 Å². The third-order valence-electron chi connectivity index (χ3n) is 2.87. The molecule has 2 aromatic rings. The van der Waals surface area contributed by atoms with Gasteiger partial charge in [-0.05, 0) is 37.6 Å². The number of nitrogens with zero attached hydrogens (tertiary/aromatic N) is 2. The maximum Gasteiger partial charge on any atom is 0.272 e. The Labute approximate surface area is 116 Å². The maximum absolute atomic E-state index is 10.7. The summed E-state index contributed by atoms with van der Waals surface area (Å²) >= 11 is 0. The monoisotopic (exact) mass is 273 g/mol. The molecule has 104 valence electrons. The van der Waals surface area contributed by atoms with Gasteiger partial charge in [-0.3, -0.25) is 10.1 Å². The van der Waals surface area contributed by atoms with Gasteiger partial charge in [0.1, 0.15) is 5.75 Å². The van der Waals surface area contributed by atoms with E-state index >= 15 is 0 Å². The number of rotatable bonds is 4. The topological polar surface area (TPSA) is 91.3 Å². The van der Waals surface area contributed by atoms with Gasteiger partial charge in [0.15, 0.2) is 0 Å². The Hall–Kier alpha value is -2.47. The summed E-state index contributed by atoms with van der Waals surface area (Å²) in [6, 6.07) is 8.03. The van der Waals surface area contributed by atoms with E-state index in [0.717, 1.165) is 5.56 Å². The molecule has 0 bridgehead atoms. The first-order valence-electron chi connectivity index (χ1n) is 6.12. The first-order chi connectivity index (χ1) is 9.47. The fourth-order valence-corrected chi connectivity index (χ4v) is 1.78. The molecule has 0 unspecified atom stereocenters. The molecule has 0 fully saturated rings. The molecule has 0 radical (unpaired) electrons. The van der Waals surface area contributed by atoms with Crippen LogP contribution in [0.2, 0.25) is 0 Å². The Bertz CT molecular complexity index is 641. The van der Waals surface area contributed by atoms with E-state index in [4.69, 9.17) is 10.5 Å². The van der Waals surface area contributed by atoms with E-state index in [2.05, 4.69) is 4.98 Å². The molecular weight excluding hydrogens is 258 g/mol. The third-order valence-corrected chi connectivity index (χ3v) is 2.87. The maximum atomic E-state index is 10.7. The van der Waals surface area contributed by atoms with Gasteiger partial charge in [0, 0.05) is 29.9 Å². The van der Waals surface area contributed by atoms with Crippen LogP contribution in [0.4, 0.5) is 5.69 Å². The van der Waals surface area contributed by atoms with Crippen LogP contribution in [0, 0.1) is 17.0 Å². The van der Waals surface area contributed by atoms with E-state index in [1.54, 1.807) is 31.3 Å². The van der Waals surface area contributed by atoms with Crippen molar-refractivity contribution in [3.05, 3.63) is 57.8 Å². The number of ether oxygens (including phenoxy) is 1. The Morgan fingerprint density at radius 3 is 2.70 bits per heavy atom. The Morgan fingerprint density at radius 2 is 2.10 bits per heavy atom. The summed E-state index contributed by atoms with van der Waals surface area (Å²) in [4.78, 5) is 14.4. The second-order valence-corrected chi connectivity index (χ2v) is 4.52. The molecule has 1 atom stereocenters. The number of aromatic nitrogens is 1. The molecule has 6 nitrogen and oxygen atoms in total. The van der Waals surface area contributed by atoms with Crippen LogP contribution in [0.15, 0.2) is 36.5 Å². The van der Waals surface area contributed by atoms with E-state index in [-0.39, 0.29) is 11.7 Å². The number of nitrogens with two attached hydrogens (primary N) is 1. The molecule has 1 aromatic heterocycles. The van der Waals surface area contributed by atoms with Crippen LogP contribution >= 0.6 is 0 Å². The van der Waals surface area contributed by atoms with Gasteiger partial charge >= 0.3 is 0 Å². The lowest BCUT2D eigenvalue weighted by molar-refractivity contribution is -0.385. The lowest BCUT2D eigenvalue weighted by Gasteiger charge is -2.09. The number of hydrogen-bond acceptors (Lipinski definition) is 5. The van der Waals surface area contributed by atoms with E-state index < -0.39 is 4.92 Å². The first-order valence-corrected chi connectivity index (χ1v) is 6.12. The number of hydrogen-bond donors (Lipinski definition) is 1. The van der Waals surface area contributed by atoms with E-state index in [0.29, 0.717) is 17.2 Å². The molecule has 0 aliphatic rings. The van der Waals surface area contributed by atoms with E-state index in [1.807, 2.05) is 13.0 Å². The summed E-state index contributed by atoms with van der Waals surface area (Å²) < 4.78 is 5.60. The molecule has 0 aliphatic carbocycles. The predicted molar refractivity (Wildman–Crippen MR) is 74.7 cm³/mol.